The van der Waals surface area contributed by atoms with Gasteiger partial charge in [0.2, 0.25) is 0 Å². The molecule has 0 N–H and O–H groups in total. The van der Waals surface area contributed by atoms with Crippen LogP contribution < -0.4 is 0 Å². The molecule has 0 spiro atoms. The highest BCUT2D eigenvalue weighted by Gasteiger charge is 2.53. The Morgan fingerprint density at radius 1 is 0.679 bits per heavy atom. The van der Waals surface area contributed by atoms with E-state index in [1.807, 2.05) is 18.2 Å². The first-order valence-corrected chi connectivity index (χ1v) is 10.3. The van der Waals surface area contributed by atoms with Gasteiger partial charge < -0.3 is 18.6 Å². The first-order valence-electron chi connectivity index (χ1n) is 10.3. The molecule has 0 radical (unpaired) electrons. The third-order valence-electron chi connectivity index (χ3n) is 6.63. The van der Waals surface area contributed by atoms with E-state index in [2.05, 4.69) is 73.6 Å². The molecule has 3 rings (SSSR count). The van der Waals surface area contributed by atoms with Crippen LogP contribution >= 0.6 is 0 Å². The Bertz CT molecular complexity index is 653. The molecule has 0 aliphatic carbocycles. The Balaban J connectivity index is 1.79. The van der Waals surface area contributed by atoms with Gasteiger partial charge in [0.05, 0.1) is 22.4 Å². The zero-order chi connectivity index (χ0) is 20.8. The Morgan fingerprint density at radius 3 is 1.39 bits per heavy atom. The fourth-order valence-corrected chi connectivity index (χ4v) is 3.51. The number of benzene rings is 1. The molecule has 0 aromatic heterocycles. The summed E-state index contributed by atoms with van der Waals surface area (Å²) in [4.78, 5) is 0. The number of rotatable bonds is 5. The van der Waals surface area contributed by atoms with Crippen molar-refractivity contribution in [1.29, 1.82) is 0 Å². The van der Waals surface area contributed by atoms with Crippen LogP contribution in [0.2, 0.25) is 12.6 Å². The summed E-state index contributed by atoms with van der Waals surface area (Å²) < 4.78 is 24.9. The lowest BCUT2D eigenvalue weighted by Crippen LogP contribution is -2.41. The van der Waals surface area contributed by atoms with Crippen molar-refractivity contribution in [2.75, 3.05) is 0 Å². The summed E-state index contributed by atoms with van der Waals surface area (Å²) in [6.07, 6.45) is 3.58. The Kier molecular flexibility index (Phi) is 5.65. The lowest BCUT2D eigenvalue weighted by molar-refractivity contribution is 0.00578. The maximum Gasteiger partial charge on any atom is 0.462 e. The fourth-order valence-electron chi connectivity index (χ4n) is 3.51. The summed E-state index contributed by atoms with van der Waals surface area (Å²) in [5.74, 6) is 0. The van der Waals surface area contributed by atoms with Gasteiger partial charge in [0, 0.05) is 12.6 Å². The van der Waals surface area contributed by atoms with E-state index in [0.29, 0.717) is 12.6 Å². The minimum absolute atomic E-state index is 0.276. The first-order chi connectivity index (χ1) is 12.8. The molecule has 2 heterocycles. The van der Waals surface area contributed by atoms with Gasteiger partial charge in [0.15, 0.2) is 0 Å². The van der Waals surface area contributed by atoms with Gasteiger partial charge in [-0.2, -0.15) is 0 Å². The second kappa shape index (κ2) is 7.32. The molecule has 0 saturated carbocycles. The zero-order valence-corrected chi connectivity index (χ0v) is 18.7. The molecule has 2 aliphatic rings. The van der Waals surface area contributed by atoms with Crippen LogP contribution in [0.3, 0.4) is 0 Å². The van der Waals surface area contributed by atoms with Crippen molar-refractivity contribution in [1.82, 2.24) is 0 Å². The molecule has 0 amide bonds. The molecule has 4 nitrogen and oxygen atoms in total. The standard InChI is InChI=1S/C22H34B2O4/c1-19(2)20(3,4)26-23(25-19)15-18(14-17-12-10-9-11-13-17)16-24-27-21(5,6)22(7,8)28-24/h9-14H,15-16H2,1-8H3. The number of hydrogen-bond donors (Lipinski definition) is 0. The van der Waals surface area contributed by atoms with Crippen molar-refractivity contribution < 1.29 is 18.6 Å². The molecular weight excluding hydrogens is 350 g/mol. The zero-order valence-electron chi connectivity index (χ0n) is 18.7. The lowest BCUT2D eigenvalue weighted by atomic mass is 9.71. The predicted molar refractivity (Wildman–Crippen MR) is 116 cm³/mol. The Labute approximate surface area is 171 Å². The smallest absolute Gasteiger partial charge is 0.403 e. The molecule has 2 fully saturated rings. The van der Waals surface area contributed by atoms with E-state index in [9.17, 15) is 0 Å². The predicted octanol–water partition coefficient (Wildman–Crippen LogP) is 5.25. The van der Waals surface area contributed by atoms with Crippen LogP contribution in [0.1, 0.15) is 61.0 Å². The van der Waals surface area contributed by atoms with Gasteiger partial charge in [0.1, 0.15) is 0 Å². The molecule has 6 heteroatoms. The van der Waals surface area contributed by atoms with Crippen LogP contribution in [0.15, 0.2) is 35.9 Å². The SMILES string of the molecule is CC1(C)OB(CC(=Cc2ccccc2)CB2OC(C)(C)C(C)(C)O2)OC1(C)C. The van der Waals surface area contributed by atoms with Gasteiger partial charge >= 0.3 is 14.2 Å². The van der Waals surface area contributed by atoms with Crippen molar-refractivity contribution in [3.8, 4) is 0 Å². The minimum atomic E-state index is -0.333. The summed E-state index contributed by atoms with van der Waals surface area (Å²) in [5, 5.41) is 0. The van der Waals surface area contributed by atoms with Gasteiger partial charge in [-0.3, -0.25) is 0 Å². The molecule has 1 aromatic rings. The van der Waals surface area contributed by atoms with Crippen LogP contribution in [-0.4, -0.2) is 36.6 Å². The molecular formula is C22H34B2O4. The third kappa shape index (κ3) is 4.40. The van der Waals surface area contributed by atoms with E-state index in [1.165, 1.54) is 5.57 Å². The van der Waals surface area contributed by atoms with Crippen molar-refractivity contribution in [2.24, 2.45) is 0 Å². The average Bonchev–Trinajstić information content (AvgIpc) is 2.86. The Hall–Kier alpha value is -1.07. The highest BCUT2D eigenvalue weighted by Crippen LogP contribution is 2.41. The second-order valence-corrected chi connectivity index (χ2v) is 9.99. The van der Waals surface area contributed by atoms with Crippen LogP contribution in [0.25, 0.3) is 6.08 Å². The number of hydrogen-bond acceptors (Lipinski definition) is 4. The van der Waals surface area contributed by atoms with Crippen LogP contribution in [-0.2, 0) is 18.6 Å². The van der Waals surface area contributed by atoms with Crippen LogP contribution in [0.4, 0.5) is 0 Å². The molecule has 2 aliphatic heterocycles. The van der Waals surface area contributed by atoms with E-state index < -0.39 is 0 Å². The van der Waals surface area contributed by atoms with Gasteiger partial charge in [-0.15, -0.1) is 0 Å². The van der Waals surface area contributed by atoms with Crippen molar-refractivity contribution >= 4 is 20.3 Å². The molecule has 28 heavy (non-hydrogen) atoms. The highest BCUT2D eigenvalue weighted by molar-refractivity contribution is 6.49. The fraction of sp³-hybridized carbons (Fsp3) is 0.636. The Morgan fingerprint density at radius 2 is 1.04 bits per heavy atom. The van der Waals surface area contributed by atoms with Crippen LogP contribution in [0.5, 0.6) is 0 Å². The lowest BCUT2D eigenvalue weighted by Gasteiger charge is -2.32. The molecule has 2 saturated heterocycles. The minimum Gasteiger partial charge on any atom is -0.403 e. The van der Waals surface area contributed by atoms with E-state index in [1.54, 1.807) is 0 Å². The monoisotopic (exact) mass is 384 g/mol. The topological polar surface area (TPSA) is 36.9 Å². The maximum absolute atomic E-state index is 6.23. The summed E-state index contributed by atoms with van der Waals surface area (Å²) in [6.45, 7) is 16.7. The summed E-state index contributed by atoms with van der Waals surface area (Å²) in [7, 11) is -0.551. The van der Waals surface area contributed by atoms with Gasteiger partial charge in [-0.05, 0) is 61.0 Å². The maximum atomic E-state index is 6.23. The quantitative estimate of drug-likeness (QED) is 0.650. The third-order valence-corrected chi connectivity index (χ3v) is 6.63. The van der Waals surface area contributed by atoms with E-state index in [0.717, 1.165) is 5.56 Å². The van der Waals surface area contributed by atoms with Gasteiger partial charge in [-0.1, -0.05) is 42.0 Å². The number of allylic oxidation sites excluding steroid dienone is 1. The van der Waals surface area contributed by atoms with Crippen molar-refractivity contribution in [3.05, 3.63) is 41.5 Å². The van der Waals surface area contributed by atoms with E-state index in [-0.39, 0.29) is 36.6 Å². The van der Waals surface area contributed by atoms with E-state index >= 15 is 0 Å². The normalized spacial score (nSPS) is 24.4. The largest absolute Gasteiger partial charge is 0.462 e. The molecule has 152 valence electrons. The molecule has 1 aromatic carbocycles. The van der Waals surface area contributed by atoms with Gasteiger partial charge in [0.25, 0.3) is 0 Å². The summed E-state index contributed by atoms with van der Waals surface area (Å²) in [6, 6.07) is 10.3. The summed E-state index contributed by atoms with van der Waals surface area (Å²) >= 11 is 0. The van der Waals surface area contributed by atoms with Gasteiger partial charge in [-0.25, -0.2) is 0 Å². The summed E-state index contributed by atoms with van der Waals surface area (Å²) in [5.41, 5.74) is 1.02. The van der Waals surface area contributed by atoms with Crippen molar-refractivity contribution in [3.63, 3.8) is 0 Å². The highest BCUT2D eigenvalue weighted by atomic mass is 16.7. The average molecular weight is 384 g/mol. The molecule has 0 atom stereocenters. The van der Waals surface area contributed by atoms with E-state index in [4.69, 9.17) is 18.6 Å². The molecule has 0 bridgehead atoms. The second-order valence-electron chi connectivity index (χ2n) is 9.99. The van der Waals surface area contributed by atoms with Crippen molar-refractivity contribution in [2.45, 2.75) is 90.4 Å². The first kappa shape index (κ1) is 21.6. The molecule has 0 unspecified atom stereocenters. The van der Waals surface area contributed by atoms with Crippen LogP contribution in [0, 0.1) is 0 Å².